The van der Waals surface area contributed by atoms with Crippen LogP contribution in [0.1, 0.15) is 11.3 Å². The Kier molecular flexibility index (Phi) is 4.56. The second-order valence-electron chi connectivity index (χ2n) is 3.63. The largest absolute Gasteiger partial charge is 0.326 e. The molecule has 0 aliphatic rings. The third-order valence-corrected chi connectivity index (χ3v) is 3.96. The van der Waals surface area contributed by atoms with E-state index in [0.717, 1.165) is 12.1 Å². The van der Waals surface area contributed by atoms with Gasteiger partial charge in [-0.2, -0.15) is 0 Å². The van der Waals surface area contributed by atoms with Crippen LogP contribution in [-0.4, -0.2) is 5.91 Å². The van der Waals surface area contributed by atoms with Gasteiger partial charge in [0.1, 0.15) is 0 Å². The number of hydrogen-bond acceptors (Lipinski definition) is 2. The summed E-state index contributed by atoms with van der Waals surface area (Å²) < 4.78 is 1.17. The first-order chi connectivity index (χ1) is 8.24. The van der Waals surface area contributed by atoms with Crippen LogP contribution in [-0.2, 0) is 11.2 Å². The van der Waals surface area contributed by atoms with Gasteiger partial charge < -0.3 is 5.32 Å². The van der Waals surface area contributed by atoms with Gasteiger partial charge in [-0.15, -0.1) is 11.3 Å². The van der Waals surface area contributed by atoms with Crippen LogP contribution >= 0.6 is 33.9 Å². The molecule has 0 aliphatic heterocycles. The monoisotopic (exact) mass is 357 g/mol. The van der Waals surface area contributed by atoms with Gasteiger partial charge in [-0.05, 0) is 64.7 Å². The molecule has 1 heterocycles. The van der Waals surface area contributed by atoms with E-state index in [1.165, 1.54) is 8.45 Å². The fraction of sp³-hybridized carbons (Fsp3) is 0.154. The molecular formula is C13H12INOS. The van der Waals surface area contributed by atoms with Crippen LogP contribution in [0.3, 0.4) is 0 Å². The van der Waals surface area contributed by atoms with Gasteiger partial charge in [-0.3, -0.25) is 4.79 Å². The summed E-state index contributed by atoms with van der Waals surface area (Å²) in [6, 6.07) is 11.9. The van der Waals surface area contributed by atoms with E-state index in [1.807, 2.05) is 35.7 Å². The topological polar surface area (TPSA) is 29.1 Å². The van der Waals surface area contributed by atoms with Crippen molar-refractivity contribution in [3.63, 3.8) is 0 Å². The van der Waals surface area contributed by atoms with Crippen molar-refractivity contribution in [2.45, 2.75) is 12.8 Å². The van der Waals surface area contributed by atoms with E-state index in [1.54, 1.807) is 11.3 Å². The molecule has 0 unspecified atom stereocenters. The summed E-state index contributed by atoms with van der Waals surface area (Å²) in [7, 11) is 0. The van der Waals surface area contributed by atoms with Crippen LogP contribution in [0.2, 0.25) is 0 Å². The Morgan fingerprint density at radius 3 is 2.65 bits per heavy atom. The molecule has 1 amide bonds. The van der Waals surface area contributed by atoms with Gasteiger partial charge in [0, 0.05) is 20.6 Å². The Balaban J connectivity index is 1.83. The van der Waals surface area contributed by atoms with E-state index in [2.05, 4.69) is 34.0 Å². The Morgan fingerprint density at radius 2 is 2.00 bits per heavy atom. The fourth-order valence-electron chi connectivity index (χ4n) is 1.45. The van der Waals surface area contributed by atoms with Crippen molar-refractivity contribution < 1.29 is 4.79 Å². The molecule has 0 saturated carbocycles. The Labute approximate surface area is 118 Å². The molecule has 17 heavy (non-hydrogen) atoms. The Bertz CT molecular complexity index is 479. The van der Waals surface area contributed by atoms with Crippen LogP contribution in [0.4, 0.5) is 5.69 Å². The molecule has 2 nitrogen and oxygen atoms in total. The van der Waals surface area contributed by atoms with Gasteiger partial charge in [0.05, 0.1) is 0 Å². The van der Waals surface area contributed by atoms with Crippen LogP contribution < -0.4 is 5.32 Å². The summed E-state index contributed by atoms with van der Waals surface area (Å²) in [5.74, 6) is 0.0691. The van der Waals surface area contributed by atoms with E-state index in [9.17, 15) is 4.79 Å². The minimum absolute atomic E-state index is 0.0691. The zero-order chi connectivity index (χ0) is 12.1. The lowest BCUT2D eigenvalue weighted by Crippen LogP contribution is -2.11. The standard InChI is InChI=1S/C13H12INOS/c14-10-3-5-11(6-4-10)15-13(16)8-7-12-2-1-9-17-12/h1-6,9H,7-8H2,(H,15,16). The fourth-order valence-corrected chi connectivity index (χ4v) is 2.52. The average molecular weight is 357 g/mol. The molecule has 88 valence electrons. The number of hydrogen-bond donors (Lipinski definition) is 1. The highest BCUT2D eigenvalue weighted by atomic mass is 127. The molecule has 0 radical (unpaired) electrons. The van der Waals surface area contributed by atoms with Crippen LogP contribution in [0.15, 0.2) is 41.8 Å². The van der Waals surface area contributed by atoms with Crippen molar-refractivity contribution in [3.8, 4) is 0 Å². The molecule has 0 fully saturated rings. The zero-order valence-electron chi connectivity index (χ0n) is 9.15. The van der Waals surface area contributed by atoms with Crippen molar-refractivity contribution in [2.75, 3.05) is 5.32 Å². The van der Waals surface area contributed by atoms with Crippen molar-refractivity contribution in [2.24, 2.45) is 0 Å². The van der Waals surface area contributed by atoms with Crippen molar-refractivity contribution in [3.05, 3.63) is 50.2 Å². The normalized spacial score (nSPS) is 10.2. The van der Waals surface area contributed by atoms with Gasteiger partial charge in [0.25, 0.3) is 0 Å². The van der Waals surface area contributed by atoms with Gasteiger partial charge in [-0.1, -0.05) is 6.07 Å². The molecule has 0 saturated heterocycles. The highest BCUT2D eigenvalue weighted by Gasteiger charge is 2.03. The number of thiophene rings is 1. The Hall–Kier alpha value is -0.880. The van der Waals surface area contributed by atoms with E-state index >= 15 is 0 Å². The summed E-state index contributed by atoms with van der Waals surface area (Å²) in [4.78, 5) is 12.9. The number of nitrogens with one attached hydrogen (secondary N) is 1. The van der Waals surface area contributed by atoms with E-state index in [4.69, 9.17) is 0 Å². The number of aryl methyl sites for hydroxylation is 1. The summed E-state index contributed by atoms with van der Waals surface area (Å²) in [5, 5.41) is 4.93. The maximum absolute atomic E-state index is 11.7. The highest BCUT2D eigenvalue weighted by Crippen LogP contribution is 2.13. The van der Waals surface area contributed by atoms with Crippen molar-refractivity contribution in [1.82, 2.24) is 0 Å². The summed E-state index contributed by atoms with van der Waals surface area (Å²) in [6.07, 6.45) is 1.35. The predicted octanol–water partition coefficient (Wildman–Crippen LogP) is 3.92. The average Bonchev–Trinajstić information content (AvgIpc) is 2.83. The minimum atomic E-state index is 0.0691. The van der Waals surface area contributed by atoms with E-state index < -0.39 is 0 Å². The van der Waals surface area contributed by atoms with Crippen LogP contribution in [0.5, 0.6) is 0 Å². The Morgan fingerprint density at radius 1 is 1.24 bits per heavy atom. The smallest absolute Gasteiger partial charge is 0.224 e. The molecule has 2 rings (SSSR count). The molecule has 2 aromatic rings. The van der Waals surface area contributed by atoms with Crippen LogP contribution in [0.25, 0.3) is 0 Å². The quantitative estimate of drug-likeness (QED) is 0.826. The maximum Gasteiger partial charge on any atom is 0.224 e. The summed E-state index contributed by atoms with van der Waals surface area (Å²) >= 11 is 3.93. The molecular weight excluding hydrogens is 345 g/mol. The zero-order valence-corrected chi connectivity index (χ0v) is 12.1. The first-order valence-electron chi connectivity index (χ1n) is 5.32. The SMILES string of the molecule is O=C(CCc1cccs1)Nc1ccc(I)cc1. The lowest BCUT2D eigenvalue weighted by atomic mass is 10.2. The molecule has 1 N–H and O–H groups in total. The number of carbonyl (C=O) groups is 1. The number of anilines is 1. The van der Waals surface area contributed by atoms with Crippen LogP contribution in [0, 0.1) is 3.57 Å². The lowest BCUT2D eigenvalue weighted by molar-refractivity contribution is -0.116. The molecule has 0 aliphatic carbocycles. The third-order valence-electron chi connectivity index (χ3n) is 2.31. The first-order valence-corrected chi connectivity index (χ1v) is 7.28. The number of rotatable bonds is 4. The third kappa shape index (κ3) is 4.12. The maximum atomic E-state index is 11.7. The summed E-state index contributed by atoms with van der Waals surface area (Å²) in [6.45, 7) is 0. The van der Waals surface area contributed by atoms with Crippen molar-refractivity contribution >= 4 is 45.5 Å². The number of halogens is 1. The van der Waals surface area contributed by atoms with Crippen molar-refractivity contribution in [1.29, 1.82) is 0 Å². The first kappa shape index (κ1) is 12.6. The minimum Gasteiger partial charge on any atom is -0.326 e. The van der Waals surface area contributed by atoms with E-state index in [0.29, 0.717) is 6.42 Å². The molecule has 0 atom stereocenters. The van der Waals surface area contributed by atoms with Gasteiger partial charge >= 0.3 is 0 Å². The van der Waals surface area contributed by atoms with Gasteiger partial charge in [-0.25, -0.2) is 0 Å². The van der Waals surface area contributed by atoms with Gasteiger partial charge in [0.15, 0.2) is 0 Å². The molecule has 0 bridgehead atoms. The highest BCUT2D eigenvalue weighted by molar-refractivity contribution is 14.1. The molecule has 4 heteroatoms. The molecule has 1 aromatic carbocycles. The molecule has 0 spiro atoms. The number of amides is 1. The summed E-state index contributed by atoms with van der Waals surface area (Å²) in [5.41, 5.74) is 0.863. The number of benzene rings is 1. The van der Waals surface area contributed by atoms with E-state index in [-0.39, 0.29) is 5.91 Å². The van der Waals surface area contributed by atoms with Gasteiger partial charge in [0.2, 0.25) is 5.91 Å². The second kappa shape index (κ2) is 6.16. The predicted molar refractivity (Wildman–Crippen MR) is 80.4 cm³/mol. The molecule has 1 aromatic heterocycles. The number of carbonyl (C=O) groups excluding carboxylic acids is 1. The second-order valence-corrected chi connectivity index (χ2v) is 5.91. The lowest BCUT2D eigenvalue weighted by Gasteiger charge is -2.04.